The number of nitrogens with zero attached hydrogens (tertiary/aromatic N) is 3. The molecule has 0 saturated carbocycles. The zero-order chi connectivity index (χ0) is 16.9. The summed E-state index contributed by atoms with van der Waals surface area (Å²) in [5.74, 6) is 1.39. The smallest absolute Gasteiger partial charge is 0.225 e. The first-order valence-corrected chi connectivity index (χ1v) is 9.39. The Balaban J connectivity index is 1.57. The summed E-state index contributed by atoms with van der Waals surface area (Å²) in [5, 5.41) is 5.33. The summed E-state index contributed by atoms with van der Waals surface area (Å²) in [6.07, 6.45) is 5.21. The molecule has 0 aromatic carbocycles. The van der Waals surface area contributed by atoms with Crippen LogP contribution in [0.1, 0.15) is 37.6 Å². The van der Waals surface area contributed by atoms with Gasteiger partial charge in [0.15, 0.2) is 0 Å². The van der Waals surface area contributed by atoms with Crippen LogP contribution in [0, 0.1) is 11.8 Å². The Morgan fingerprint density at radius 3 is 2.54 bits per heavy atom. The number of nitrogens with one attached hydrogen (secondary N) is 1. The summed E-state index contributed by atoms with van der Waals surface area (Å²) in [6, 6.07) is 6.07. The minimum absolute atomic E-state index is 0.0752. The Hall–Kier alpha value is -1.95. The molecule has 128 valence electrons. The van der Waals surface area contributed by atoms with E-state index in [0.29, 0.717) is 5.92 Å². The second-order valence-electron chi connectivity index (χ2n) is 6.56. The second kappa shape index (κ2) is 7.75. The van der Waals surface area contributed by atoms with Gasteiger partial charge >= 0.3 is 0 Å². The molecule has 2 aromatic heterocycles. The van der Waals surface area contributed by atoms with Gasteiger partial charge in [0.05, 0.1) is 6.04 Å². The number of anilines is 1. The van der Waals surface area contributed by atoms with Crippen LogP contribution in [-0.2, 0) is 4.79 Å². The van der Waals surface area contributed by atoms with Crippen molar-refractivity contribution in [3.63, 3.8) is 0 Å². The molecule has 0 radical (unpaired) electrons. The Morgan fingerprint density at radius 1 is 1.25 bits per heavy atom. The quantitative estimate of drug-likeness (QED) is 0.904. The van der Waals surface area contributed by atoms with Crippen molar-refractivity contribution in [3.05, 3.63) is 40.8 Å². The molecule has 1 fully saturated rings. The third-order valence-corrected chi connectivity index (χ3v) is 5.47. The first-order chi connectivity index (χ1) is 11.6. The third-order valence-electron chi connectivity index (χ3n) is 4.51. The maximum absolute atomic E-state index is 12.7. The van der Waals surface area contributed by atoms with E-state index in [1.165, 1.54) is 4.88 Å². The van der Waals surface area contributed by atoms with Crippen molar-refractivity contribution in [2.45, 2.75) is 32.7 Å². The second-order valence-corrected chi connectivity index (χ2v) is 7.54. The van der Waals surface area contributed by atoms with Gasteiger partial charge in [0, 0.05) is 36.3 Å². The molecular weight excluding hydrogens is 320 g/mol. The van der Waals surface area contributed by atoms with Gasteiger partial charge in [-0.1, -0.05) is 19.9 Å². The van der Waals surface area contributed by atoms with E-state index in [-0.39, 0.29) is 17.9 Å². The molecule has 3 heterocycles. The molecule has 1 unspecified atom stereocenters. The molecule has 0 spiro atoms. The van der Waals surface area contributed by atoms with Crippen LogP contribution in [0.5, 0.6) is 0 Å². The highest BCUT2D eigenvalue weighted by atomic mass is 32.1. The predicted octanol–water partition coefficient (Wildman–Crippen LogP) is 3.27. The van der Waals surface area contributed by atoms with Gasteiger partial charge < -0.3 is 10.2 Å². The molecule has 6 heteroatoms. The number of hydrogen-bond donors (Lipinski definition) is 1. The van der Waals surface area contributed by atoms with Crippen molar-refractivity contribution < 1.29 is 4.79 Å². The first-order valence-electron chi connectivity index (χ1n) is 8.51. The number of amides is 1. The Morgan fingerprint density at radius 2 is 1.96 bits per heavy atom. The highest BCUT2D eigenvalue weighted by molar-refractivity contribution is 7.10. The fourth-order valence-electron chi connectivity index (χ4n) is 3.10. The van der Waals surface area contributed by atoms with Crippen molar-refractivity contribution >= 4 is 23.2 Å². The third kappa shape index (κ3) is 3.93. The topological polar surface area (TPSA) is 58.1 Å². The molecule has 3 rings (SSSR count). The van der Waals surface area contributed by atoms with Crippen LogP contribution in [0.2, 0.25) is 0 Å². The minimum atomic E-state index is 0.0752. The first kappa shape index (κ1) is 16.9. The van der Waals surface area contributed by atoms with Gasteiger partial charge in [-0.15, -0.1) is 11.3 Å². The lowest BCUT2D eigenvalue weighted by atomic mass is 9.94. The number of thiophene rings is 1. The summed E-state index contributed by atoms with van der Waals surface area (Å²) in [4.78, 5) is 24.7. The Kier molecular flexibility index (Phi) is 5.45. The predicted molar refractivity (Wildman–Crippen MR) is 97.0 cm³/mol. The van der Waals surface area contributed by atoms with E-state index in [1.807, 2.05) is 12.1 Å². The maximum Gasteiger partial charge on any atom is 0.225 e. The molecule has 24 heavy (non-hydrogen) atoms. The summed E-state index contributed by atoms with van der Waals surface area (Å²) >= 11 is 1.71. The van der Waals surface area contributed by atoms with E-state index in [1.54, 1.807) is 23.7 Å². The number of rotatable bonds is 5. The van der Waals surface area contributed by atoms with Gasteiger partial charge in [0.1, 0.15) is 0 Å². The van der Waals surface area contributed by atoms with Crippen LogP contribution in [0.3, 0.4) is 0 Å². The summed E-state index contributed by atoms with van der Waals surface area (Å²) < 4.78 is 0. The van der Waals surface area contributed by atoms with E-state index < -0.39 is 0 Å². The largest absolute Gasteiger partial charge is 0.348 e. The molecular formula is C18H24N4OS. The van der Waals surface area contributed by atoms with E-state index in [4.69, 9.17) is 0 Å². The van der Waals surface area contributed by atoms with Gasteiger partial charge in [-0.2, -0.15) is 0 Å². The van der Waals surface area contributed by atoms with Crippen LogP contribution in [0.15, 0.2) is 36.0 Å². The Labute approximate surface area is 147 Å². The molecule has 1 N–H and O–H groups in total. The lowest BCUT2D eigenvalue weighted by Gasteiger charge is -2.32. The zero-order valence-electron chi connectivity index (χ0n) is 14.2. The summed E-state index contributed by atoms with van der Waals surface area (Å²) in [5.41, 5.74) is 0. The van der Waals surface area contributed by atoms with Crippen LogP contribution >= 0.6 is 11.3 Å². The van der Waals surface area contributed by atoms with Gasteiger partial charge in [-0.3, -0.25) is 4.79 Å². The fraction of sp³-hybridized carbons (Fsp3) is 0.500. The van der Waals surface area contributed by atoms with E-state index in [9.17, 15) is 4.79 Å². The number of piperidine rings is 1. The lowest BCUT2D eigenvalue weighted by molar-refractivity contribution is -0.126. The molecule has 0 bridgehead atoms. The van der Waals surface area contributed by atoms with Crippen molar-refractivity contribution in [3.8, 4) is 0 Å². The highest BCUT2D eigenvalue weighted by Crippen LogP contribution is 2.27. The monoisotopic (exact) mass is 344 g/mol. The highest BCUT2D eigenvalue weighted by Gasteiger charge is 2.28. The van der Waals surface area contributed by atoms with Gasteiger partial charge in [-0.05, 0) is 36.3 Å². The normalized spacial score (nSPS) is 17.0. The SMILES string of the molecule is CC(C)C(NC(=O)C1CCN(c2ncccn2)CC1)c1cccs1. The van der Waals surface area contributed by atoms with Crippen molar-refractivity contribution in [2.75, 3.05) is 18.0 Å². The van der Waals surface area contributed by atoms with Crippen molar-refractivity contribution in [1.29, 1.82) is 0 Å². The molecule has 1 aliphatic heterocycles. The minimum Gasteiger partial charge on any atom is -0.348 e. The average molecular weight is 344 g/mol. The van der Waals surface area contributed by atoms with Crippen LogP contribution < -0.4 is 10.2 Å². The number of aromatic nitrogens is 2. The maximum atomic E-state index is 12.7. The number of carbonyl (C=O) groups is 1. The van der Waals surface area contributed by atoms with Crippen LogP contribution in [0.4, 0.5) is 5.95 Å². The van der Waals surface area contributed by atoms with Gasteiger partial charge in [-0.25, -0.2) is 9.97 Å². The van der Waals surface area contributed by atoms with Crippen LogP contribution in [-0.4, -0.2) is 29.0 Å². The number of carbonyl (C=O) groups excluding carboxylic acids is 1. The molecule has 1 saturated heterocycles. The molecule has 0 aliphatic carbocycles. The fourth-order valence-corrected chi connectivity index (χ4v) is 4.05. The lowest BCUT2D eigenvalue weighted by Crippen LogP contribution is -2.42. The van der Waals surface area contributed by atoms with E-state index >= 15 is 0 Å². The summed E-state index contributed by atoms with van der Waals surface area (Å²) in [6.45, 7) is 5.96. The zero-order valence-corrected chi connectivity index (χ0v) is 15.0. The van der Waals surface area contributed by atoms with Crippen molar-refractivity contribution in [1.82, 2.24) is 15.3 Å². The molecule has 1 aliphatic rings. The molecule has 2 aromatic rings. The van der Waals surface area contributed by atoms with Crippen molar-refractivity contribution in [2.24, 2.45) is 11.8 Å². The van der Waals surface area contributed by atoms with Crippen LogP contribution in [0.25, 0.3) is 0 Å². The standard InChI is InChI=1S/C18H24N4OS/c1-13(2)16(15-5-3-12-24-15)21-17(23)14-6-10-22(11-7-14)18-19-8-4-9-20-18/h3-5,8-9,12-14,16H,6-7,10-11H2,1-2H3,(H,21,23). The average Bonchev–Trinajstić information content (AvgIpc) is 3.14. The van der Waals surface area contributed by atoms with Gasteiger partial charge in [0.25, 0.3) is 0 Å². The number of hydrogen-bond acceptors (Lipinski definition) is 5. The Bertz CT molecular complexity index is 636. The van der Waals surface area contributed by atoms with E-state index in [0.717, 1.165) is 31.9 Å². The molecule has 1 amide bonds. The summed E-state index contributed by atoms with van der Waals surface area (Å²) in [7, 11) is 0. The molecule has 5 nitrogen and oxygen atoms in total. The molecule has 1 atom stereocenters. The van der Waals surface area contributed by atoms with E-state index in [2.05, 4.69) is 45.5 Å². The van der Waals surface area contributed by atoms with Gasteiger partial charge in [0.2, 0.25) is 11.9 Å².